The third-order valence-electron chi connectivity index (χ3n) is 4.18. The van der Waals surface area contributed by atoms with Crippen LogP contribution in [0.5, 0.6) is 0 Å². The molecule has 1 saturated heterocycles. The Labute approximate surface area is 160 Å². The van der Waals surface area contributed by atoms with Crippen LogP contribution >= 0.6 is 11.3 Å². The molecule has 1 amide bonds. The van der Waals surface area contributed by atoms with Gasteiger partial charge in [-0.05, 0) is 31.2 Å². The van der Waals surface area contributed by atoms with Gasteiger partial charge in [0.1, 0.15) is 0 Å². The van der Waals surface area contributed by atoms with Gasteiger partial charge in [-0.25, -0.2) is 4.98 Å². The maximum absolute atomic E-state index is 12.4. The zero-order valence-corrected chi connectivity index (χ0v) is 15.7. The van der Waals surface area contributed by atoms with E-state index >= 15 is 0 Å². The number of aryl methyl sites for hydroxylation is 1. The summed E-state index contributed by atoms with van der Waals surface area (Å²) in [5.74, 6) is 0.811. The number of ether oxygens (including phenoxy) is 1. The number of nitrogens with one attached hydrogen (secondary N) is 1. The van der Waals surface area contributed by atoms with Gasteiger partial charge in [-0.2, -0.15) is 4.98 Å². The highest BCUT2D eigenvalue weighted by atomic mass is 32.1. The molecule has 1 aromatic carbocycles. The molecular weight excluding hydrogens is 366 g/mol. The third-order valence-corrected chi connectivity index (χ3v) is 4.99. The van der Waals surface area contributed by atoms with Gasteiger partial charge >= 0.3 is 0 Å². The fourth-order valence-corrected chi connectivity index (χ4v) is 3.47. The lowest BCUT2D eigenvalue weighted by atomic mass is 10.1. The minimum absolute atomic E-state index is 0.199. The molecule has 8 nitrogen and oxygen atoms in total. The summed E-state index contributed by atoms with van der Waals surface area (Å²) in [6.07, 6.45) is 0. The Bertz CT molecular complexity index is 915. The van der Waals surface area contributed by atoms with Gasteiger partial charge in [-0.1, -0.05) is 5.16 Å². The first kappa shape index (κ1) is 17.8. The van der Waals surface area contributed by atoms with E-state index in [4.69, 9.17) is 9.26 Å². The first-order valence-electron chi connectivity index (χ1n) is 8.64. The molecule has 1 aliphatic rings. The van der Waals surface area contributed by atoms with Crippen molar-refractivity contribution in [1.82, 2.24) is 20.0 Å². The maximum Gasteiger partial charge on any atom is 0.257 e. The molecule has 0 bridgehead atoms. The van der Waals surface area contributed by atoms with E-state index in [9.17, 15) is 4.79 Å². The Morgan fingerprint density at radius 3 is 2.70 bits per heavy atom. The quantitative estimate of drug-likeness (QED) is 0.721. The molecule has 2 aromatic heterocycles. The fraction of sp³-hybridized carbons (Fsp3) is 0.333. The molecule has 27 heavy (non-hydrogen) atoms. The summed E-state index contributed by atoms with van der Waals surface area (Å²) in [6.45, 7) is 5.86. The molecule has 0 aliphatic carbocycles. The van der Waals surface area contributed by atoms with Crippen LogP contribution in [-0.4, -0.2) is 52.2 Å². The van der Waals surface area contributed by atoms with Crippen LogP contribution in [0.3, 0.4) is 0 Å². The molecular formula is C18H19N5O3S. The molecule has 1 fully saturated rings. The highest BCUT2D eigenvalue weighted by Gasteiger charge is 2.14. The number of thiazole rings is 1. The monoisotopic (exact) mass is 385 g/mol. The Morgan fingerprint density at radius 2 is 2.00 bits per heavy atom. The van der Waals surface area contributed by atoms with Crippen LogP contribution in [0, 0.1) is 6.92 Å². The van der Waals surface area contributed by atoms with Crippen LogP contribution in [0.15, 0.2) is 34.2 Å². The van der Waals surface area contributed by atoms with E-state index in [2.05, 4.69) is 25.3 Å². The summed E-state index contributed by atoms with van der Waals surface area (Å²) < 4.78 is 10.5. The van der Waals surface area contributed by atoms with Crippen molar-refractivity contribution < 1.29 is 14.1 Å². The molecule has 1 N–H and O–H groups in total. The van der Waals surface area contributed by atoms with E-state index < -0.39 is 0 Å². The zero-order chi connectivity index (χ0) is 18.6. The number of carbonyl (C=O) groups excluding carboxylic acids is 1. The molecule has 3 aromatic rings. The van der Waals surface area contributed by atoms with Crippen LogP contribution in [-0.2, 0) is 11.3 Å². The zero-order valence-electron chi connectivity index (χ0n) is 14.8. The van der Waals surface area contributed by atoms with Gasteiger partial charge in [0.2, 0.25) is 0 Å². The second kappa shape index (κ2) is 7.95. The van der Waals surface area contributed by atoms with Crippen LogP contribution in [0.25, 0.3) is 11.5 Å². The van der Waals surface area contributed by atoms with Crippen molar-refractivity contribution in [2.45, 2.75) is 13.5 Å². The highest BCUT2D eigenvalue weighted by Crippen LogP contribution is 2.20. The van der Waals surface area contributed by atoms with Crippen LogP contribution in [0.1, 0.15) is 21.9 Å². The standard InChI is InChI=1S/C18H19N5O3S/c1-12-19-17(26-22-12)14-4-2-13(3-5-14)16(24)21-18-20-15(11-27-18)10-23-6-8-25-9-7-23/h2-5,11H,6-10H2,1H3,(H,20,21,24). The molecule has 1 aliphatic heterocycles. The Balaban J connectivity index is 1.37. The topological polar surface area (TPSA) is 93.4 Å². The van der Waals surface area contributed by atoms with E-state index in [1.165, 1.54) is 11.3 Å². The predicted octanol–water partition coefficient (Wildman–Crippen LogP) is 2.59. The Morgan fingerprint density at radius 1 is 1.22 bits per heavy atom. The number of aromatic nitrogens is 3. The lowest BCUT2D eigenvalue weighted by Crippen LogP contribution is -2.35. The largest absolute Gasteiger partial charge is 0.379 e. The average molecular weight is 385 g/mol. The summed E-state index contributed by atoms with van der Waals surface area (Å²) in [5.41, 5.74) is 2.27. The molecule has 3 heterocycles. The van der Waals surface area contributed by atoms with Gasteiger partial charge in [0.25, 0.3) is 11.8 Å². The van der Waals surface area contributed by atoms with Crippen molar-refractivity contribution in [2.24, 2.45) is 0 Å². The van der Waals surface area contributed by atoms with Crippen molar-refractivity contribution in [3.05, 3.63) is 46.7 Å². The first-order chi connectivity index (χ1) is 13.2. The second-order valence-corrected chi connectivity index (χ2v) is 7.07. The summed E-state index contributed by atoms with van der Waals surface area (Å²) in [5, 5.41) is 9.20. The number of hydrogen-bond donors (Lipinski definition) is 1. The lowest BCUT2D eigenvalue weighted by molar-refractivity contribution is 0.0337. The van der Waals surface area contributed by atoms with Crippen LogP contribution in [0.2, 0.25) is 0 Å². The molecule has 140 valence electrons. The van der Waals surface area contributed by atoms with Gasteiger partial charge in [0, 0.05) is 36.1 Å². The molecule has 0 saturated carbocycles. The SMILES string of the molecule is Cc1noc(-c2ccc(C(=O)Nc3nc(CN4CCOCC4)cs3)cc2)n1. The number of morpholine rings is 1. The number of rotatable bonds is 5. The molecule has 0 radical (unpaired) electrons. The van der Waals surface area contributed by atoms with Crippen molar-refractivity contribution >= 4 is 22.4 Å². The van der Waals surface area contributed by atoms with E-state index in [1.54, 1.807) is 31.2 Å². The van der Waals surface area contributed by atoms with Gasteiger partial charge in [-0.15, -0.1) is 11.3 Å². The third kappa shape index (κ3) is 4.38. The van der Waals surface area contributed by atoms with Crippen molar-refractivity contribution in [3.8, 4) is 11.5 Å². The molecule has 4 rings (SSSR count). The number of benzene rings is 1. The van der Waals surface area contributed by atoms with Crippen molar-refractivity contribution in [2.75, 3.05) is 31.6 Å². The first-order valence-corrected chi connectivity index (χ1v) is 9.52. The summed E-state index contributed by atoms with van der Waals surface area (Å²) in [7, 11) is 0. The van der Waals surface area contributed by atoms with Crippen LogP contribution < -0.4 is 5.32 Å². The van der Waals surface area contributed by atoms with Gasteiger partial charge in [0.05, 0.1) is 18.9 Å². The minimum atomic E-state index is -0.199. The number of amides is 1. The van der Waals surface area contributed by atoms with Crippen molar-refractivity contribution in [3.63, 3.8) is 0 Å². The van der Waals surface area contributed by atoms with E-state index in [-0.39, 0.29) is 5.91 Å². The van der Waals surface area contributed by atoms with Crippen molar-refractivity contribution in [1.29, 1.82) is 0 Å². The number of carbonyl (C=O) groups is 1. The normalized spacial score (nSPS) is 15.0. The van der Waals surface area contributed by atoms with Gasteiger partial charge in [-0.3, -0.25) is 15.0 Å². The maximum atomic E-state index is 12.4. The second-order valence-electron chi connectivity index (χ2n) is 6.21. The summed E-state index contributed by atoms with van der Waals surface area (Å²) in [6, 6.07) is 7.03. The smallest absolute Gasteiger partial charge is 0.257 e. The van der Waals surface area contributed by atoms with Crippen LogP contribution in [0.4, 0.5) is 5.13 Å². The summed E-state index contributed by atoms with van der Waals surface area (Å²) in [4.78, 5) is 23.4. The Kier molecular flexibility index (Phi) is 5.23. The van der Waals surface area contributed by atoms with E-state index in [0.29, 0.717) is 22.4 Å². The minimum Gasteiger partial charge on any atom is -0.379 e. The van der Waals surface area contributed by atoms with Gasteiger partial charge in [0.15, 0.2) is 11.0 Å². The number of nitrogens with zero attached hydrogens (tertiary/aromatic N) is 4. The molecule has 0 atom stereocenters. The number of hydrogen-bond acceptors (Lipinski definition) is 8. The Hall–Kier alpha value is -2.62. The van der Waals surface area contributed by atoms with E-state index in [1.807, 2.05) is 5.38 Å². The summed E-state index contributed by atoms with van der Waals surface area (Å²) >= 11 is 1.43. The fourth-order valence-electron chi connectivity index (χ4n) is 2.77. The molecule has 9 heteroatoms. The highest BCUT2D eigenvalue weighted by molar-refractivity contribution is 7.13. The van der Waals surface area contributed by atoms with E-state index in [0.717, 1.165) is 44.1 Å². The molecule has 0 unspecified atom stereocenters. The number of anilines is 1. The van der Waals surface area contributed by atoms with Gasteiger partial charge < -0.3 is 9.26 Å². The molecule has 0 spiro atoms. The average Bonchev–Trinajstić information content (AvgIpc) is 3.31. The predicted molar refractivity (Wildman–Crippen MR) is 101 cm³/mol. The lowest BCUT2D eigenvalue weighted by Gasteiger charge is -2.25.